The number of rotatable bonds is 2. The molecule has 16 heavy (non-hydrogen) atoms. The van der Waals surface area contributed by atoms with Crippen molar-refractivity contribution in [2.24, 2.45) is 11.8 Å². The van der Waals surface area contributed by atoms with Crippen LogP contribution < -0.4 is 16.2 Å². The summed E-state index contributed by atoms with van der Waals surface area (Å²) in [4.78, 5) is 6.22. The van der Waals surface area contributed by atoms with Gasteiger partial charge in [-0.25, -0.2) is 10.8 Å². The number of piperidine rings is 1. The molecule has 0 aliphatic carbocycles. The number of anilines is 2. The van der Waals surface area contributed by atoms with Gasteiger partial charge in [-0.05, 0) is 18.4 Å². The summed E-state index contributed by atoms with van der Waals surface area (Å²) in [5.41, 5.74) is 3.58. The summed E-state index contributed by atoms with van der Waals surface area (Å²) < 4.78 is 0. The third-order valence-electron chi connectivity index (χ3n) is 3.18. The Labute approximate surface area is 95.2 Å². The molecular formula is C11H18N4O. The normalized spacial score (nSPS) is 25.6. The van der Waals surface area contributed by atoms with Gasteiger partial charge in [0.2, 0.25) is 0 Å². The van der Waals surface area contributed by atoms with E-state index in [1.54, 1.807) is 6.20 Å². The van der Waals surface area contributed by atoms with Gasteiger partial charge in [0.15, 0.2) is 0 Å². The molecule has 1 aliphatic heterocycles. The lowest BCUT2D eigenvalue weighted by molar-refractivity contribution is 0.103. The maximum atomic E-state index is 9.84. The molecule has 88 valence electrons. The fourth-order valence-electron chi connectivity index (χ4n) is 1.98. The highest BCUT2D eigenvalue weighted by Crippen LogP contribution is 2.24. The lowest BCUT2D eigenvalue weighted by Crippen LogP contribution is -2.42. The van der Waals surface area contributed by atoms with Crippen LogP contribution in [0.15, 0.2) is 18.3 Å². The standard InChI is InChI=1S/C11H18N4O/c1-8-3-5-15(7-10(8)16)9-2-4-13-11(6-9)14-12/h2,4,6,8,10,16H,3,5,7,12H2,1H3,(H,13,14). The van der Waals surface area contributed by atoms with Crippen molar-refractivity contribution in [3.8, 4) is 0 Å². The average molecular weight is 222 g/mol. The molecule has 1 aromatic rings. The molecule has 0 amide bonds. The Kier molecular flexibility index (Phi) is 3.26. The van der Waals surface area contributed by atoms with Crippen molar-refractivity contribution in [1.29, 1.82) is 0 Å². The molecule has 4 N–H and O–H groups in total. The molecular weight excluding hydrogens is 204 g/mol. The third-order valence-corrected chi connectivity index (χ3v) is 3.18. The smallest absolute Gasteiger partial charge is 0.141 e. The molecule has 1 fully saturated rings. The van der Waals surface area contributed by atoms with E-state index in [2.05, 4.69) is 22.2 Å². The van der Waals surface area contributed by atoms with E-state index in [1.807, 2.05) is 12.1 Å². The largest absolute Gasteiger partial charge is 0.391 e. The predicted molar refractivity (Wildman–Crippen MR) is 64.0 cm³/mol. The summed E-state index contributed by atoms with van der Waals surface area (Å²) in [7, 11) is 0. The zero-order valence-corrected chi connectivity index (χ0v) is 9.43. The first-order valence-electron chi connectivity index (χ1n) is 5.56. The monoisotopic (exact) mass is 222 g/mol. The van der Waals surface area contributed by atoms with Gasteiger partial charge in [0.25, 0.3) is 0 Å². The van der Waals surface area contributed by atoms with Crippen molar-refractivity contribution in [3.63, 3.8) is 0 Å². The number of hydrogen-bond acceptors (Lipinski definition) is 5. The van der Waals surface area contributed by atoms with E-state index in [4.69, 9.17) is 5.84 Å². The molecule has 5 nitrogen and oxygen atoms in total. The molecule has 2 rings (SSSR count). The Hall–Kier alpha value is -1.33. The van der Waals surface area contributed by atoms with Crippen LogP contribution >= 0.6 is 0 Å². The third kappa shape index (κ3) is 2.25. The first-order valence-corrected chi connectivity index (χ1v) is 5.56. The van der Waals surface area contributed by atoms with Crippen LogP contribution in [0.4, 0.5) is 11.5 Å². The van der Waals surface area contributed by atoms with Crippen LogP contribution in [0.3, 0.4) is 0 Å². The first-order chi connectivity index (χ1) is 7.70. The van der Waals surface area contributed by atoms with Crippen LogP contribution in [0.1, 0.15) is 13.3 Å². The second-order valence-electron chi connectivity index (χ2n) is 4.32. The van der Waals surface area contributed by atoms with Crippen molar-refractivity contribution in [1.82, 2.24) is 4.98 Å². The Bertz CT molecular complexity index is 358. The van der Waals surface area contributed by atoms with Gasteiger partial charge in [0.05, 0.1) is 6.10 Å². The highest BCUT2D eigenvalue weighted by Gasteiger charge is 2.24. The number of hydrogen-bond donors (Lipinski definition) is 3. The van der Waals surface area contributed by atoms with E-state index in [0.717, 1.165) is 18.7 Å². The topological polar surface area (TPSA) is 74.4 Å². The zero-order valence-electron chi connectivity index (χ0n) is 9.43. The summed E-state index contributed by atoms with van der Waals surface area (Å²) in [6.45, 7) is 3.73. The highest BCUT2D eigenvalue weighted by molar-refractivity contribution is 5.53. The molecule has 0 bridgehead atoms. The quantitative estimate of drug-likeness (QED) is 0.504. The zero-order chi connectivity index (χ0) is 11.5. The van der Waals surface area contributed by atoms with Crippen molar-refractivity contribution in [3.05, 3.63) is 18.3 Å². The Morgan fingerprint density at radius 1 is 1.62 bits per heavy atom. The van der Waals surface area contributed by atoms with Gasteiger partial charge < -0.3 is 15.4 Å². The number of nitrogen functional groups attached to an aromatic ring is 1. The lowest BCUT2D eigenvalue weighted by atomic mass is 9.96. The number of nitrogens with two attached hydrogens (primary N) is 1. The van der Waals surface area contributed by atoms with Crippen LogP contribution in [-0.2, 0) is 0 Å². The van der Waals surface area contributed by atoms with Gasteiger partial charge in [-0.1, -0.05) is 6.92 Å². The minimum Gasteiger partial charge on any atom is -0.391 e. The summed E-state index contributed by atoms with van der Waals surface area (Å²) in [6.07, 6.45) is 2.47. The maximum Gasteiger partial charge on any atom is 0.141 e. The van der Waals surface area contributed by atoms with Crippen LogP contribution in [0.5, 0.6) is 0 Å². The van der Waals surface area contributed by atoms with E-state index >= 15 is 0 Å². The number of β-amino-alcohol motifs (C(OH)–C–C–N with tert-alkyl or cyclic N) is 1. The second-order valence-corrected chi connectivity index (χ2v) is 4.32. The molecule has 0 spiro atoms. The molecule has 0 aromatic carbocycles. The molecule has 2 atom stereocenters. The van der Waals surface area contributed by atoms with Crippen LogP contribution in [-0.4, -0.2) is 29.3 Å². The van der Waals surface area contributed by atoms with E-state index < -0.39 is 0 Å². The number of aromatic nitrogens is 1. The number of aliphatic hydroxyl groups is 1. The van der Waals surface area contributed by atoms with Crippen LogP contribution in [0.2, 0.25) is 0 Å². The van der Waals surface area contributed by atoms with Gasteiger partial charge >= 0.3 is 0 Å². The Morgan fingerprint density at radius 2 is 2.44 bits per heavy atom. The summed E-state index contributed by atoms with van der Waals surface area (Å²) in [6, 6.07) is 3.83. The van der Waals surface area contributed by atoms with Gasteiger partial charge in [-0.3, -0.25) is 0 Å². The van der Waals surface area contributed by atoms with E-state index in [0.29, 0.717) is 18.3 Å². The number of nitrogens with one attached hydrogen (secondary N) is 1. The molecule has 2 unspecified atom stereocenters. The second kappa shape index (κ2) is 4.67. The molecule has 0 radical (unpaired) electrons. The van der Waals surface area contributed by atoms with Crippen molar-refractivity contribution in [2.45, 2.75) is 19.4 Å². The molecule has 1 saturated heterocycles. The van der Waals surface area contributed by atoms with Crippen molar-refractivity contribution < 1.29 is 5.11 Å². The summed E-state index contributed by atoms with van der Waals surface area (Å²) >= 11 is 0. The number of aliphatic hydroxyl groups excluding tert-OH is 1. The fourth-order valence-corrected chi connectivity index (χ4v) is 1.98. The van der Waals surface area contributed by atoms with Crippen LogP contribution in [0, 0.1) is 5.92 Å². The predicted octanol–water partition coefficient (Wildman–Crippen LogP) is 0.574. The number of pyridine rings is 1. The molecule has 2 heterocycles. The summed E-state index contributed by atoms with van der Waals surface area (Å²) in [5.74, 6) is 6.34. The summed E-state index contributed by atoms with van der Waals surface area (Å²) in [5, 5.41) is 9.84. The van der Waals surface area contributed by atoms with Gasteiger partial charge in [0, 0.05) is 31.0 Å². The lowest BCUT2D eigenvalue weighted by Gasteiger charge is -2.35. The van der Waals surface area contributed by atoms with Gasteiger partial charge in [0.1, 0.15) is 5.82 Å². The Balaban J connectivity index is 2.12. The number of nitrogens with zero attached hydrogens (tertiary/aromatic N) is 2. The molecule has 5 heteroatoms. The van der Waals surface area contributed by atoms with E-state index in [-0.39, 0.29) is 6.10 Å². The highest BCUT2D eigenvalue weighted by atomic mass is 16.3. The number of hydrazine groups is 1. The van der Waals surface area contributed by atoms with Gasteiger partial charge in [-0.2, -0.15) is 0 Å². The minimum atomic E-state index is -0.254. The average Bonchev–Trinajstić information content (AvgIpc) is 2.33. The Morgan fingerprint density at radius 3 is 3.12 bits per heavy atom. The van der Waals surface area contributed by atoms with E-state index in [9.17, 15) is 5.11 Å². The van der Waals surface area contributed by atoms with Gasteiger partial charge in [-0.15, -0.1) is 0 Å². The molecule has 1 aromatic heterocycles. The van der Waals surface area contributed by atoms with Crippen molar-refractivity contribution >= 4 is 11.5 Å². The van der Waals surface area contributed by atoms with Crippen LogP contribution in [0.25, 0.3) is 0 Å². The minimum absolute atomic E-state index is 0.254. The van der Waals surface area contributed by atoms with Crippen molar-refractivity contribution in [2.75, 3.05) is 23.4 Å². The van der Waals surface area contributed by atoms with E-state index in [1.165, 1.54) is 0 Å². The maximum absolute atomic E-state index is 9.84. The molecule has 1 aliphatic rings. The molecule has 0 saturated carbocycles. The first kappa shape index (κ1) is 11.2. The fraction of sp³-hybridized carbons (Fsp3) is 0.545. The SMILES string of the molecule is CC1CCN(c2ccnc(NN)c2)CC1O.